The summed E-state index contributed by atoms with van der Waals surface area (Å²) in [4.78, 5) is 23.1. The summed E-state index contributed by atoms with van der Waals surface area (Å²) >= 11 is 0. The van der Waals surface area contributed by atoms with Gasteiger partial charge in [-0.1, -0.05) is 30.9 Å². The van der Waals surface area contributed by atoms with E-state index in [2.05, 4.69) is 0 Å². The second kappa shape index (κ2) is 9.20. The average molecular weight is 419 g/mol. The van der Waals surface area contributed by atoms with Crippen molar-refractivity contribution in [2.45, 2.75) is 50.6 Å². The molecule has 0 aliphatic heterocycles. The van der Waals surface area contributed by atoms with Gasteiger partial charge in [0, 0.05) is 6.07 Å². The molecule has 0 atom stereocenters. The van der Waals surface area contributed by atoms with Gasteiger partial charge in [0.05, 0.1) is 6.61 Å². The van der Waals surface area contributed by atoms with Crippen LogP contribution in [-0.4, -0.2) is 36.5 Å². The normalized spacial score (nSPS) is 12.6. The first-order valence-electron chi connectivity index (χ1n) is 8.17. The molecule has 1 N–H and O–H groups in total. The highest BCUT2D eigenvalue weighted by molar-refractivity contribution is 5.90. The number of carbonyl (C=O) groups is 2. The summed E-state index contributed by atoms with van der Waals surface area (Å²) in [5, 5.41) is 0. The topological polar surface area (TPSA) is 59.3 Å². The summed E-state index contributed by atoms with van der Waals surface area (Å²) in [5.74, 6) is -16.4. The van der Waals surface area contributed by atoms with Crippen LogP contribution in [0.25, 0.3) is 0 Å². The smallest absolute Gasteiger partial charge is 0.460 e. The number of ether oxygens (including phenoxy) is 1. The largest absolute Gasteiger partial charge is 0.462 e. The van der Waals surface area contributed by atoms with Crippen molar-refractivity contribution in [1.82, 2.24) is 0 Å². The fourth-order valence-electron chi connectivity index (χ4n) is 1.95. The Morgan fingerprint density at radius 2 is 1.71 bits per heavy atom. The number of halogens is 7. The number of aromatic nitrogens is 1. The SMILES string of the molecule is CCCCCCOC(=O)c1ccc[n+](NC(=O)C(F)(F)C(F)(F)C(F)(F)F)c1. The molecule has 0 aromatic carbocycles. The minimum atomic E-state index is -6.64. The quantitative estimate of drug-likeness (QED) is 0.288. The van der Waals surface area contributed by atoms with Crippen molar-refractivity contribution in [3.63, 3.8) is 0 Å². The van der Waals surface area contributed by atoms with E-state index in [-0.39, 0.29) is 12.2 Å². The van der Waals surface area contributed by atoms with Crippen LogP contribution in [0.3, 0.4) is 0 Å². The van der Waals surface area contributed by atoms with Crippen molar-refractivity contribution in [2.24, 2.45) is 0 Å². The highest BCUT2D eigenvalue weighted by Gasteiger charge is 2.77. The number of carbonyl (C=O) groups excluding carboxylic acids is 2. The van der Waals surface area contributed by atoms with Crippen molar-refractivity contribution >= 4 is 11.9 Å². The number of nitrogens with zero attached hydrogens (tertiary/aromatic N) is 1. The van der Waals surface area contributed by atoms with Gasteiger partial charge in [-0.25, -0.2) is 4.79 Å². The Balaban J connectivity index is 2.81. The molecule has 1 amide bonds. The Bertz CT molecular complexity index is 693. The minimum Gasteiger partial charge on any atom is -0.462 e. The Labute approximate surface area is 155 Å². The van der Waals surface area contributed by atoms with E-state index in [9.17, 15) is 40.3 Å². The number of pyridine rings is 1. The third-order valence-corrected chi connectivity index (χ3v) is 3.53. The van der Waals surface area contributed by atoms with E-state index in [0.717, 1.165) is 37.7 Å². The van der Waals surface area contributed by atoms with Crippen LogP contribution in [0.2, 0.25) is 0 Å². The lowest BCUT2D eigenvalue weighted by molar-refractivity contribution is -0.643. The summed E-state index contributed by atoms with van der Waals surface area (Å²) in [5.41, 5.74) is 0.947. The van der Waals surface area contributed by atoms with Crippen molar-refractivity contribution in [3.05, 3.63) is 30.1 Å². The van der Waals surface area contributed by atoms with Gasteiger partial charge in [0.25, 0.3) is 0 Å². The van der Waals surface area contributed by atoms with Crippen molar-refractivity contribution < 1.29 is 49.7 Å². The van der Waals surface area contributed by atoms with Crippen LogP contribution in [0.15, 0.2) is 24.5 Å². The number of rotatable bonds is 9. The molecule has 0 aliphatic rings. The van der Waals surface area contributed by atoms with E-state index >= 15 is 0 Å². The van der Waals surface area contributed by atoms with Crippen molar-refractivity contribution in [2.75, 3.05) is 12.0 Å². The van der Waals surface area contributed by atoms with Crippen LogP contribution in [0.4, 0.5) is 30.7 Å². The van der Waals surface area contributed by atoms with Crippen LogP contribution in [0, 0.1) is 0 Å². The molecule has 1 rings (SSSR count). The van der Waals surface area contributed by atoms with Crippen LogP contribution >= 0.6 is 0 Å². The number of hydrogen-bond acceptors (Lipinski definition) is 3. The molecule has 1 heterocycles. The Hall–Kier alpha value is -2.40. The highest BCUT2D eigenvalue weighted by Crippen LogP contribution is 2.46. The zero-order valence-corrected chi connectivity index (χ0v) is 14.7. The van der Waals surface area contributed by atoms with Crippen LogP contribution < -0.4 is 10.1 Å². The molecule has 1 aromatic heterocycles. The van der Waals surface area contributed by atoms with Crippen LogP contribution in [0.5, 0.6) is 0 Å². The number of amides is 1. The van der Waals surface area contributed by atoms with Gasteiger partial charge in [0.1, 0.15) is 5.56 Å². The first kappa shape index (κ1) is 23.6. The van der Waals surface area contributed by atoms with Crippen molar-refractivity contribution in [1.29, 1.82) is 0 Å². The molecular formula is C16H18F7N2O3+. The second-order valence-corrected chi connectivity index (χ2v) is 5.78. The molecule has 0 unspecified atom stereocenters. The zero-order chi connectivity index (χ0) is 21.6. The van der Waals surface area contributed by atoms with Crippen LogP contribution in [-0.2, 0) is 9.53 Å². The van der Waals surface area contributed by atoms with E-state index in [1.807, 2.05) is 6.92 Å². The molecule has 0 spiro atoms. The number of unbranched alkanes of at least 4 members (excludes halogenated alkanes) is 3. The molecule has 0 bridgehead atoms. The van der Waals surface area contributed by atoms with E-state index < -0.39 is 29.9 Å². The number of hydrogen-bond donors (Lipinski definition) is 1. The standard InChI is InChI=1S/C16H17F7N2O3/c1-2-3-4-5-9-28-12(26)11-7-6-8-25(10-11)24-13(27)14(17,18)15(19,20)16(21,22)23/h6-8,10H,2-5,9H2,1H3/p+1. The monoisotopic (exact) mass is 419 g/mol. The van der Waals surface area contributed by atoms with Gasteiger partial charge >= 0.3 is 29.9 Å². The Morgan fingerprint density at radius 3 is 2.29 bits per heavy atom. The first-order chi connectivity index (χ1) is 12.8. The minimum absolute atomic E-state index is 0.0793. The third-order valence-electron chi connectivity index (χ3n) is 3.53. The second-order valence-electron chi connectivity index (χ2n) is 5.78. The lowest BCUT2D eigenvalue weighted by Crippen LogP contribution is -2.62. The van der Waals surface area contributed by atoms with Gasteiger partial charge in [-0.3, -0.25) is 4.79 Å². The van der Waals surface area contributed by atoms with Gasteiger partial charge < -0.3 is 4.74 Å². The highest BCUT2D eigenvalue weighted by atomic mass is 19.4. The fourth-order valence-corrected chi connectivity index (χ4v) is 1.95. The molecular weight excluding hydrogens is 401 g/mol. The molecule has 1 aromatic rings. The number of alkyl halides is 7. The lowest BCUT2D eigenvalue weighted by Gasteiger charge is -2.25. The van der Waals surface area contributed by atoms with Gasteiger partial charge in [0.2, 0.25) is 6.20 Å². The molecule has 0 saturated heterocycles. The molecule has 12 heteroatoms. The molecule has 0 saturated carbocycles. The molecule has 0 aliphatic carbocycles. The van der Waals surface area contributed by atoms with E-state index in [0.29, 0.717) is 11.1 Å². The number of nitrogens with one attached hydrogen (secondary N) is 1. The van der Waals surface area contributed by atoms with Gasteiger partial charge in [-0.15, -0.1) is 5.43 Å². The third kappa shape index (κ3) is 5.55. The molecule has 0 fully saturated rings. The molecule has 0 radical (unpaired) electrons. The van der Waals surface area contributed by atoms with E-state index in [1.165, 1.54) is 11.5 Å². The maximum Gasteiger partial charge on any atom is 0.460 e. The summed E-state index contributed by atoms with van der Waals surface area (Å²) in [6, 6.07) is 2.26. The average Bonchev–Trinajstić information content (AvgIpc) is 2.60. The van der Waals surface area contributed by atoms with Crippen LogP contribution in [0.1, 0.15) is 43.0 Å². The van der Waals surface area contributed by atoms with E-state index in [1.54, 1.807) is 0 Å². The number of esters is 1. The Kier molecular flexibility index (Phi) is 7.76. The van der Waals surface area contributed by atoms with Gasteiger partial charge in [-0.2, -0.15) is 30.7 Å². The summed E-state index contributed by atoms with van der Waals surface area (Å²) in [7, 11) is 0. The predicted molar refractivity (Wildman–Crippen MR) is 81.4 cm³/mol. The molecule has 5 nitrogen and oxygen atoms in total. The molecule has 158 valence electrons. The maximum atomic E-state index is 13.3. The van der Waals surface area contributed by atoms with Gasteiger partial charge in [0.15, 0.2) is 6.20 Å². The summed E-state index contributed by atoms with van der Waals surface area (Å²) in [6.07, 6.45) is -1.73. The van der Waals surface area contributed by atoms with E-state index in [4.69, 9.17) is 4.74 Å². The fraction of sp³-hybridized carbons (Fsp3) is 0.562. The van der Waals surface area contributed by atoms with Gasteiger partial charge in [-0.05, 0) is 12.5 Å². The Morgan fingerprint density at radius 1 is 1.07 bits per heavy atom. The zero-order valence-electron chi connectivity index (χ0n) is 14.7. The molecule has 28 heavy (non-hydrogen) atoms. The first-order valence-corrected chi connectivity index (χ1v) is 8.17. The van der Waals surface area contributed by atoms with Crippen molar-refractivity contribution in [3.8, 4) is 0 Å². The summed E-state index contributed by atoms with van der Waals surface area (Å²) < 4.78 is 94.0. The summed E-state index contributed by atoms with van der Waals surface area (Å²) in [6.45, 7) is 2.06. The maximum absolute atomic E-state index is 13.3. The predicted octanol–water partition coefficient (Wildman–Crippen LogP) is 3.61. The lowest BCUT2D eigenvalue weighted by atomic mass is 10.1.